The molecule has 1 heterocycles. The fourth-order valence-electron chi connectivity index (χ4n) is 4.75. The Hall–Kier alpha value is -2.09. The second kappa shape index (κ2) is 13.0. The zero-order valence-corrected chi connectivity index (χ0v) is 20.6. The first kappa shape index (κ1) is 27.2. The van der Waals surface area contributed by atoms with Crippen LogP contribution in [0.3, 0.4) is 0 Å². The molecule has 1 aromatic carbocycles. The van der Waals surface area contributed by atoms with E-state index in [1.807, 2.05) is 45.0 Å². The Labute approximate surface area is 203 Å². The van der Waals surface area contributed by atoms with Gasteiger partial charge in [0.2, 0.25) is 5.91 Å². The highest BCUT2D eigenvalue weighted by atomic mass is 35.5. The third-order valence-corrected chi connectivity index (χ3v) is 6.33. The summed E-state index contributed by atoms with van der Waals surface area (Å²) in [6, 6.07) is 8.13. The lowest BCUT2D eigenvalue weighted by atomic mass is 9.82. The van der Waals surface area contributed by atoms with E-state index in [4.69, 9.17) is 4.74 Å². The number of rotatable bonds is 9. The summed E-state index contributed by atoms with van der Waals surface area (Å²) in [4.78, 5) is 27.2. The molecule has 1 aromatic rings. The van der Waals surface area contributed by atoms with Crippen molar-refractivity contribution in [3.63, 3.8) is 0 Å². The van der Waals surface area contributed by atoms with Crippen LogP contribution in [0, 0.1) is 11.8 Å². The highest BCUT2D eigenvalue weighted by Gasteiger charge is 2.37. The van der Waals surface area contributed by atoms with E-state index in [1.165, 1.54) is 0 Å². The van der Waals surface area contributed by atoms with E-state index in [9.17, 15) is 14.7 Å². The van der Waals surface area contributed by atoms with Crippen molar-refractivity contribution in [2.45, 2.75) is 64.8 Å². The largest absolute Gasteiger partial charge is 0.491 e. The van der Waals surface area contributed by atoms with E-state index in [0.29, 0.717) is 19.4 Å². The minimum atomic E-state index is -1.03. The molecule has 2 aliphatic rings. The van der Waals surface area contributed by atoms with Crippen LogP contribution >= 0.6 is 12.4 Å². The number of ether oxygens (including phenoxy) is 1. The minimum absolute atomic E-state index is 0. The number of nitrogens with one attached hydrogen (secondary N) is 2. The molecule has 1 fully saturated rings. The molecule has 4 unspecified atom stereocenters. The topological polar surface area (TPSA) is 90.9 Å². The molecule has 1 saturated heterocycles. The molecule has 8 heteroatoms. The summed E-state index contributed by atoms with van der Waals surface area (Å²) < 4.78 is 6.01. The van der Waals surface area contributed by atoms with Crippen molar-refractivity contribution in [3.8, 4) is 5.75 Å². The maximum absolute atomic E-state index is 13.0. The molecular weight excluding hydrogens is 442 g/mol. The fourth-order valence-corrected chi connectivity index (χ4v) is 4.75. The van der Waals surface area contributed by atoms with Gasteiger partial charge < -0.3 is 20.5 Å². The number of allylic oxidation sites excluding steroid dienone is 2. The average molecular weight is 480 g/mol. The van der Waals surface area contributed by atoms with Gasteiger partial charge in [-0.15, -0.1) is 12.4 Å². The number of nitrogens with zero attached hydrogens (tertiary/aromatic N) is 1. The van der Waals surface area contributed by atoms with Gasteiger partial charge in [-0.3, -0.25) is 14.5 Å². The first-order valence-electron chi connectivity index (χ1n) is 11.8. The summed E-state index contributed by atoms with van der Waals surface area (Å²) in [6.07, 6.45) is 6.85. The highest BCUT2D eigenvalue weighted by molar-refractivity contribution is 5.97. The van der Waals surface area contributed by atoms with Gasteiger partial charge in [0.25, 0.3) is 0 Å². The number of para-hydroxylation sites is 1. The van der Waals surface area contributed by atoms with Crippen molar-refractivity contribution in [2.75, 3.05) is 19.6 Å². The highest BCUT2D eigenvalue weighted by Crippen LogP contribution is 2.29. The smallest absolute Gasteiger partial charge is 0.316 e. The molecule has 0 aromatic heterocycles. The Morgan fingerprint density at radius 2 is 2.03 bits per heavy atom. The van der Waals surface area contributed by atoms with Crippen LogP contribution in [0.2, 0.25) is 0 Å². The lowest BCUT2D eigenvalue weighted by Gasteiger charge is -2.40. The Morgan fingerprint density at radius 1 is 1.27 bits per heavy atom. The van der Waals surface area contributed by atoms with Gasteiger partial charge in [-0.1, -0.05) is 37.3 Å². The van der Waals surface area contributed by atoms with Crippen LogP contribution in [-0.2, 0) is 9.59 Å². The molecule has 4 atom stereocenters. The number of amides is 1. The normalized spacial score (nSPS) is 22.8. The van der Waals surface area contributed by atoms with Crippen LogP contribution in [-0.4, -0.2) is 53.8 Å². The summed E-state index contributed by atoms with van der Waals surface area (Å²) in [6.45, 7) is 8.33. The van der Waals surface area contributed by atoms with Gasteiger partial charge in [0.15, 0.2) is 0 Å². The van der Waals surface area contributed by atoms with Gasteiger partial charge in [0.1, 0.15) is 11.7 Å². The SMILES string of the molecule is CCC(NC(=O)C(C(=O)O)C1CC=CCC1)N1CCNC(c2ccccc2OC(C)C)C1.Cl. The fraction of sp³-hybridized carbons (Fsp3) is 0.600. The molecule has 33 heavy (non-hydrogen) atoms. The Bertz CT molecular complexity index is 817. The Balaban J connectivity index is 0.00000385. The Morgan fingerprint density at radius 3 is 2.67 bits per heavy atom. The summed E-state index contributed by atoms with van der Waals surface area (Å²) in [7, 11) is 0. The van der Waals surface area contributed by atoms with E-state index in [1.54, 1.807) is 0 Å². The average Bonchev–Trinajstić information content (AvgIpc) is 2.78. The van der Waals surface area contributed by atoms with Gasteiger partial charge in [0.05, 0.1) is 12.3 Å². The molecule has 7 nitrogen and oxygen atoms in total. The number of carbonyl (C=O) groups excluding carboxylic acids is 1. The molecule has 184 valence electrons. The van der Waals surface area contributed by atoms with Crippen molar-refractivity contribution < 1.29 is 19.4 Å². The molecule has 0 bridgehead atoms. The summed E-state index contributed by atoms with van der Waals surface area (Å²) in [5.74, 6) is -1.69. The van der Waals surface area contributed by atoms with Crippen LogP contribution in [0.1, 0.15) is 58.1 Å². The number of aliphatic carboxylic acids is 1. The predicted octanol–water partition coefficient (Wildman–Crippen LogP) is 3.75. The van der Waals surface area contributed by atoms with Crippen LogP contribution < -0.4 is 15.4 Å². The van der Waals surface area contributed by atoms with Crippen molar-refractivity contribution in [2.24, 2.45) is 11.8 Å². The second-order valence-electron chi connectivity index (χ2n) is 9.00. The lowest BCUT2D eigenvalue weighted by Crippen LogP contribution is -2.57. The number of piperazine rings is 1. The quantitative estimate of drug-likeness (QED) is 0.369. The van der Waals surface area contributed by atoms with E-state index < -0.39 is 11.9 Å². The number of halogens is 1. The first-order chi connectivity index (χ1) is 15.4. The molecule has 1 aliphatic heterocycles. The number of carbonyl (C=O) groups is 2. The maximum atomic E-state index is 13.0. The molecule has 1 amide bonds. The van der Waals surface area contributed by atoms with Gasteiger partial charge >= 0.3 is 5.97 Å². The van der Waals surface area contributed by atoms with Gasteiger partial charge in [-0.25, -0.2) is 0 Å². The maximum Gasteiger partial charge on any atom is 0.316 e. The number of hydrogen-bond acceptors (Lipinski definition) is 5. The molecule has 0 saturated carbocycles. The van der Waals surface area contributed by atoms with Gasteiger partial charge in [-0.2, -0.15) is 0 Å². The standard InChI is InChI=1S/C25H37N3O4.ClH/c1-4-22(27-24(29)23(25(30)31)18-10-6-5-7-11-18)28-15-14-26-20(16-28)19-12-8-9-13-21(19)32-17(2)3;/h5-6,8-9,12-13,17-18,20,22-23,26H,4,7,10-11,14-16H2,1-3H3,(H,27,29)(H,30,31);1H. The van der Waals surface area contributed by atoms with Crippen molar-refractivity contribution in [1.29, 1.82) is 0 Å². The number of benzene rings is 1. The van der Waals surface area contributed by atoms with Gasteiger partial charge in [0, 0.05) is 31.2 Å². The Kier molecular flexibility index (Phi) is 10.7. The van der Waals surface area contributed by atoms with Crippen molar-refractivity contribution in [1.82, 2.24) is 15.5 Å². The summed E-state index contributed by atoms with van der Waals surface area (Å²) in [5, 5.41) is 16.4. The van der Waals surface area contributed by atoms with Crippen LogP contribution in [0.5, 0.6) is 5.75 Å². The number of carboxylic acids is 1. The van der Waals surface area contributed by atoms with Crippen molar-refractivity contribution >= 4 is 24.3 Å². The number of hydrogen-bond donors (Lipinski definition) is 3. The van der Waals surface area contributed by atoms with Crippen LogP contribution in [0.4, 0.5) is 0 Å². The second-order valence-corrected chi connectivity index (χ2v) is 9.00. The lowest BCUT2D eigenvalue weighted by molar-refractivity contribution is -0.150. The van der Waals surface area contributed by atoms with E-state index in [0.717, 1.165) is 37.2 Å². The molecule has 3 N–H and O–H groups in total. The molecule has 3 rings (SSSR count). The third-order valence-electron chi connectivity index (χ3n) is 6.33. The predicted molar refractivity (Wildman–Crippen MR) is 132 cm³/mol. The third kappa shape index (κ3) is 7.19. The van der Waals surface area contributed by atoms with Crippen LogP contribution in [0.25, 0.3) is 0 Å². The zero-order valence-electron chi connectivity index (χ0n) is 19.8. The van der Waals surface area contributed by atoms with E-state index >= 15 is 0 Å². The van der Waals surface area contributed by atoms with E-state index in [-0.39, 0.29) is 42.5 Å². The molecule has 0 radical (unpaired) electrons. The minimum Gasteiger partial charge on any atom is -0.491 e. The number of carboxylic acid groups (broad SMARTS) is 1. The monoisotopic (exact) mass is 479 g/mol. The summed E-state index contributed by atoms with van der Waals surface area (Å²) in [5.41, 5.74) is 1.10. The molecular formula is C25H38ClN3O4. The van der Waals surface area contributed by atoms with Crippen LogP contribution in [0.15, 0.2) is 36.4 Å². The zero-order chi connectivity index (χ0) is 23.1. The van der Waals surface area contributed by atoms with Crippen molar-refractivity contribution in [3.05, 3.63) is 42.0 Å². The molecule has 1 aliphatic carbocycles. The first-order valence-corrected chi connectivity index (χ1v) is 11.8. The van der Waals surface area contributed by atoms with Gasteiger partial charge in [-0.05, 0) is 51.5 Å². The van der Waals surface area contributed by atoms with E-state index in [2.05, 4.69) is 27.7 Å². The summed E-state index contributed by atoms with van der Waals surface area (Å²) >= 11 is 0. The molecule has 0 spiro atoms.